The summed E-state index contributed by atoms with van der Waals surface area (Å²) in [6.45, 7) is 6.08. The third-order valence-corrected chi connectivity index (χ3v) is 4.01. The molecule has 1 aliphatic rings. The van der Waals surface area contributed by atoms with Crippen LogP contribution >= 0.6 is 0 Å². The molecule has 1 aliphatic carbocycles. The van der Waals surface area contributed by atoms with Gasteiger partial charge in [-0.15, -0.1) is 0 Å². The number of rotatable bonds is 4. The van der Waals surface area contributed by atoms with E-state index >= 15 is 0 Å². The Kier molecular flexibility index (Phi) is 5.34. The van der Waals surface area contributed by atoms with E-state index in [9.17, 15) is 4.79 Å². The number of carbonyl (C=O) groups excluding carboxylic acids is 1. The smallest absolute Gasteiger partial charge is 0.255 e. The zero-order chi connectivity index (χ0) is 16.1. The fourth-order valence-electron chi connectivity index (χ4n) is 2.28. The van der Waals surface area contributed by atoms with E-state index < -0.39 is 0 Å². The van der Waals surface area contributed by atoms with E-state index in [1.54, 1.807) is 7.11 Å². The van der Waals surface area contributed by atoms with Crippen LogP contribution in [0.5, 0.6) is 0 Å². The maximum Gasteiger partial charge on any atom is 0.255 e. The molecule has 0 saturated carbocycles. The maximum absolute atomic E-state index is 12.5. The first-order valence-corrected chi connectivity index (χ1v) is 7.50. The first-order chi connectivity index (χ1) is 10.5. The van der Waals surface area contributed by atoms with E-state index in [1.165, 1.54) is 5.56 Å². The molecular formula is C19H23NO2. The van der Waals surface area contributed by atoms with Gasteiger partial charge in [0.1, 0.15) is 0 Å². The van der Waals surface area contributed by atoms with Crippen molar-refractivity contribution in [3.63, 3.8) is 0 Å². The van der Waals surface area contributed by atoms with Gasteiger partial charge in [-0.1, -0.05) is 18.2 Å². The average molecular weight is 297 g/mol. The Morgan fingerprint density at radius 3 is 2.73 bits per heavy atom. The van der Waals surface area contributed by atoms with Crippen molar-refractivity contribution in [1.82, 2.24) is 0 Å². The van der Waals surface area contributed by atoms with Crippen molar-refractivity contribution in [1.29, 1.82) is 0 Å². The molecule has 0 radical (unpaired) electrons. The van der Waals surface area contributed by atoms with Gasteiger partial charge in [0.05, 0.1) is 6.10 Å². The maximum atomic E-state index is 12.5. The third kappa shape index (κ3) is 3.95. The topological polar surface area (TPSA) is 38.3 Å². The van der Waals surface area contributed by atoms with Gasteiger partial charge in [-0.2, -0.15) is 0 Å². The molecular weight excluding hydrogens is 274 g/mol. The monoisotopic (exact) mass is 297 g/mol. The number of ether oxygens (including phenoxy) is 1. The van der Waals surface area contributed by atoms with E-state index in [1.807, 2.05) is 56.4 Å². The van der Waals surface area contributed by atoms with Crippen molar-refractivity contribution in [2.24, 2.45) is 0 Å². The Hall–Kier alpha value is -2.13. The van der Waals surface area contributed by atoms with Crippen molar-refractivity contribution in [3.8, 4) is 0 Å². The van der Waals surface area contributed by atoms with Gasteiger partial charge in [0.15, 0.2) is 0 Å². The predicted octanol–water partition coefficient (Wildman–Crippen LogP) is 4.09. The quantitative estimate of drug-likeness (QED) is 0.909. The molecule has 1 N–H and O–H groups in total. The van der Waals surface area contributed by atoms with Crippen molar-refractivity contribution in [2.75, 3.05) is 12.4 Å². The average Bonchev–Trinajstić information content (AvgIpc) is 2.76. The Morgan fingerprint density at radius 1 is 1.27 bits per heavy atom. The summed E-state index contributed by atoms with van der Waals surface area (Å²) in [5, 5.41) is 2.96. The van der Waals surface area contributed by atoms with Crippen LogP contribution in [0.15, 0.2) is 53.6 Å². The van der Waals surface area contributed by atoms with Crippen LogP contribution in [-0.4, -0.2) is 19.1 Å². The third-order valence-electron chi connectivity index (χ3n) is 4.01. The van der Waals surface area contributed by atoms with Crippen molar-refractivity contribution < 1.29 is 9.53 Å². The van der Waals surface area contributed by atoms with Crippen LogP contribution in [0.4, 0.5) is 5.69 Å². The summed E-state index contributed by atoms with van der Waals surface area (Å²) in [7, 11) is 1.68. The molecule has 0 heterocycles. The fraction of sp³-hybridized carbons (Fsp3) is 0.316. The molecule has 3 heteroatoms. The van der Waals surface area contributed by atoms with Crippen molar-refractivity contribution in [3.05, 3.63) is 64.8 Å². The van der Waals surface area contributed by atoms with Crippen LogP contribution in [0.2, 0.25) is 0 Å². The summed E-state index contributed by atoms with van der Waals surface area (Å²) in [6.07, 6.45) is 8.52. The minimum absolute atomic E-state index is 0.000527. The molecule has 1 aromatic rings. The number of methoxy groups -OCH3 is 1. The second-order valence-electron chi connectivity index (χ2n) is 5.60. The van der Waals surface area contributed by atoms with E-state index in [0.29, 0.717) is 5.57 Å². The zero-order valence-electron chi connectivity index (χ0n) is 13.6. The summed E-state index contributed by atoms with van der Waals surface area (Å²) >= 11 is 0. The second kappa shape index (κ2) is 7.23. The van der Waals surface area contributed by atoms with E-state index in [0.717, 1.165) is 23.2 Å². The Labute approximate surface area is 132 Å². The number of nitrogens with one attached hydrogen (secondary N) is 1. The van der Waals surface area contributed by atoms with Crippen molar-refractivity contribution >= 4 is 11.6 Å². The van der Waals surface area contributed by atoms with E-state index in [4.69, 9.17) is 4.74 Å². The standard InChI is InChI=1S/C19H23NO2/c1-13-9-10-18(11-14(13)2)20-19(21)17-8-6-5-7-16(12-17)15(3)22-4/h5-6,8-12,15H,7H2,1-4H3,(H,20,21). The van der Waals surface area contributed by atoms with E-state index in [2.05, 4.69) is 12.2 Å². The molecule has 0 bridgehead atoms. The molecule has 1 atom stereocenters. The number of hydrogen-bond donors (Lipinski definition) is 1. The lowest BCUT2D eigenvalue weighted by atomic mass is 10.0. The molecule has 1 amide bonds. The summed E-state index contributed by atoms with van der Waals surface area (Å²) < 4.78 is 5.36. The summed E-state index contributed by atoms with van der Waals surface area (Å²) in [5.74, 6) is -0.101. The van der Waals surface area contributed by atoms with Crippen molar-refractivity contribution in [2.45, 2.75) is 33.3 Å². The van der Waals surface area contributed by atoms with Crippen LogP contribution < -0.4 is 5.32 Å². The van der Waals surface area contributed by atoms with Gasteiger partial charge < -0.3 is 10.1 Å². The Bertz CT molecular complexity index is 653. The first kappa shape index (κ1) is 16.2. The zero-order valence-corrected chi connectivity index (χ0v) is 13.6. The highest BCUT2D eigenvalue weighted by Gasteiger charge is 2.13. The highest BCUT2D eigenvalue weighted by atomic mass is 16.5. The normalized spacial score (nSPS) is 15.6. The highest BCUT2D eigenvalue weighted by molar-refractivity contribution is 6.06. The van der Waals surface area contributed by atoms with E-state index in [-0.39, 0.29) is 12.0 Å². The van der Waals surface area contributed by atoms with Crippen LogP contribution in [0.1, 0.15) is 24.5 Å². The number of benzene rings is 1. The summed E-state index contributed by atoms with van der Waals surface area (Å²) in [4.78, 5) is 12.5. The predicted molar refractivity (Wildman–Crippen MR) is 90.9 cm³/mol. The molecule has 0 aliphatic heterocycles. The van der Waals surface area contributed by atoms with Gasteiger partial charge >= 0.3 is 0 Å². The molecule has 2 rings (SSSR count). The largest absolute Gasteiger partial charge is 0.377 e. The molecule has 0 spiro atoms. The highest BCUT2D eigenvalue weighted by Crippen LogP contribution is 2.20. The summed E-state index contributed by atoms with van der Waals surface area (Å²) in [6, 6.07) is 5.93. The Balaban J connectivity index is 2.18. The number of aryl methyl sites for hydroxylation is 2. The first-order valence-electron chi connectivity index (χ1n) is 7.50. The van der Waals surface area contributed by atoms with Gasteiger partial charge in [0, 0.05) is 18.4 Å². The SMILES string of the molecule is COC(C)C1=CC(C(=O)Nc2ccc(C)c(C)c2)=CC=CC1. The van der Waals surface area contributed by atoms with Gasteiger partial charge in [0.25, 0.3) is 5.91 Å². The van der Waals surface area contributed by atoms with Gasteiger partial charge in [-0.05, 0) is 68.2 Å². The molecule has 1 unspecified atom stereocenters. The number of hydrogen-bond acceptors (Lipinski definition) is 2. The Morgan fingerprint density at radius 2 is 2.05 bits per heavy atom. The molecule has 0 aromatic heterocycles. The lowest BCUT2D eigenvalue weighted by molar-refractivity contribution is -0.112. The van der Waals surface area contributed by atoms with Gasteiger partial charge in [-0.25, -0.2) is 0 Å². The molecule has 1 aromatic carbocycles. The fourth-order valence-corrected chi connectivity index (χ4v) is 2.28. The van der Waals surface area contributed by atoms with Crippen LogP contribution in [0.3, 0.4) is 0 Å². The number of carbonyl (C=O) groups is 1. The minimum atomic E-state index is -0.101. The molecule has 116 valence electrons. The molecule has 22 heavy (non-hydrogen) atoms. The number of anilines is 1. The minimum Gasteiger partial charge on any atom is -0.377 e. The van der Waals surface area contributed by atoms with Gasteiger partial charge in [-0.3, -0.25) is 4.79 Å². The second-order valence-corrected chi connectivity index (χ2v) is 5.60. The number of allylic oxidation sites excluding steroid dienone is 3. The lowest BCUT2D eigenvalue weighted by Crippen LogP contribution is -2.15. The van der Waals surface area contributed by atoms with Gasteiger partial charge in [0.2, 0.25) is 0 Å². The van der Waals surface area contributed by atoms with Crippen LogP contribution in [0, 0.1) is 13.8 Å². The molecule has 0 saturated heterocycles. The molecule has 3 nitrogen and oxygen atoms in total. The lowest BCUT2D eigenvalue weighted by Gasteiger charge is -2.13. The molecule has 0 fully saturated rings. The summed E-state index contributed by atoms with van der Waals surface area (Å²) in [5.41, 5.74) is 4.93. The van der Waals surface area contributed by atoms with Crippen LogP contribution in [0.25, 0.3) is 0 Å². The van der Waals surface area contributed by atoms with Crippen LogP contribution in [-0.2, 0) is 9.53 Å². The number of amides is 1.